The van der Waals surface area contributed by atoms with Crippen molar-refractivity contribution < 1.29 is 23.6 Å². The first-order valence-electron chi connectivity index (χ1n) is 12.6. The summed E-state index contributed by atoms with van der Waals surface area (Å²) in [4.78, 5) is 34.7. The molecule has 2 aliphatic heterocycles. The average Bonchev–Trinajstić information content (AvgIpc) is 3.42. The lowest BCUT2D eigenvalue weighted by atomic mass is 9.96. The maximum absolute atomic E-state index is 13.2. The number of amides is 2. The van der Waals surface area contributed by atoms with Crippen LogP contribution in [0.3, 0.4) is 0 Å². The van der Waals surface area contributed by atoms with Crippen molar-refractivity contribution >= 4 is 17.5 Å². The molecule has 37 heavy (non-hydrogen) atoms. The highest BCUT2D eigenvalue weighted by Crippen LogP contribution is 2.24. The quantitative estimate of drug-likeness (QED) is 0.522. The van der Waals surface area contributed by atoms with Crippen LogP contribution in [0.15, 0.2) is 53.1 Å². The van der Waals surface area contributed by atoms with Crippen molar-refractivity contribution in [1.82, 2.24) is 19.9 Å². The minimum Gasteiger partial charge on any atom is -0.497 e. The summed E-state index contributed by atoms with van der Waals surface area (Å²) in [5, 5.41) is 7.12. The van der Waals surface area contributed by atoms with Gasteiger partial charge >= 0.3 is 0 Å². The average molecular weight is 506 g/mol. The Morgan fingerprint density at radius 1 is 1.08 bits per heavy atom. The molecule has 3 aromatic rings. The molecule has 1 atom stereocenters. The Labute approximate surface area is 215 Å². The molecule has 10 nitrogen and oxygen atoms in total. The maximum atomic E-state index is 13.2. The van der Waals surface area contributed by atoms with Gasteiger partial charge in [0.25, 0.3) is 5.91 Å². The largest absolute Gasteiger partial charge is 0.497 e. The third-order valence-electron chi connectivity index (χ3n) is 6.77. The topological polar surface area (TPSA) is 110 Å². The number of rotatable bonds is 7. The van der Waals surface area contributed by atoms with Gasteiger partial charge in [0.2, 0.25) is 17.6 Å². The summed E-state index contributed by atoms with van der Waals surface area (Å²) in [5.74, 6) is 1.41. The Kier molecular flexibility index (Phi) is 7.76. The lowest BCUT2D eigenvalue weighted by Gasteiger charge is -2.31. The highest BCUT2D eigenvalue weighted by Gasteiger charge is 2.28. The number of aromatic nitrogens is 2. The van der Waals surface area contributed by atoms with Crippen LogP contribution in [0.1, 0.15) is 29.1 Å². The summed E-state index contributed by atoms with van der Waals surface area (Å²) in [5.41, 5.74) is 1.89. The maximum Gasteiger partial charge on any atom is 0.256 e. The molecule has 5 rings (SSSR count). The van der Waals surface area contributed by atoms with Crippen molar-refractivity contribution in [3.8, 4) is 17.1 Å². The van der Waals surface area contributed by atoms with Gasteiger partial charge in [0, 0.05) is 25.2 Å². The minimum absolute atomic E-state index is 0.0867. The summed E-state index contributed by atoms with van der Waals surface area (Å²) in [7, 11) is 1.62. The molecule has 3 heterocycles. The van der Waals surface area contributed by atoms with E-state index in [0.717, 1.165) is 30.7 Å². The number of ether oxygens (including phenoxy) is 2. The Bertz CT molecular complexity index is 1220. The molecule has 0 spiro atoms. The number of hydrogen-bond donors (Lipinski definition) is 1. The summed E-state index contributed by atoms with van der Waals surface area (Å²) >= 11 is 0. The van der Waals surface area contributed by atoms with Gasteiger partial charge in [-0.05, 0) is 55.8 Å². The zero-order valence-electron chi connectivity index (χ0n) is 20.9. The minimum atomic E-state index is -0.204. The lowest BCUT2D eigenvalue weighted by Crippen LogP contribution is -2.42. The van der Waals surface area contributed by atoms with Crippen LogP contribution in [-0.2, 0) is 16.1 Å². The molecule has 2 aliphatic rings. The van der Waals surface area contributed by atoms with Crippen LogP contribution in [0.25, 0.3) is 11.4 Å². The van der Waals surface area contributed by atoms with Gasteiger partial charge in [-0.2, -0.15) is 4.98 Å². The van der Waals surface area contributed by atoms with Crippen molar-refractivity contribution in [3.05, 3.63) is 60.0 Å². The molecule has 1 aromatic heterocycles. The van der Waals surface area contributed by atoms with Gasteiger partial charge in [0.15, 0.2) is 0 Å². The predicted molar refractivity (Wildman–Crippen MR) is 136 cm³/mol. The molecule has 0 saturated carbocycles. The van der Waals surface area contributed by atoms with E-state index in [-0.39, 0.29) is 17.7 Å². The second-order valence-electron chi connectivity index (χ2n) is 9.25. The fourth-order valence-electron chi connectivity index (χ4n) is 4.73. The molecule has 1 unspecified atom stereocenters. The number of para-hydroxylation sites is 1. The summed E-state index contributed by atoms with van der Waals surface area (Å²) < 4.78 is 16.0. The third kappa shape index (κ3) is 5.98. The number of likely N-dealkylation sites (tertiary alicyclic amines) is 1. The first-order chi connectivity index (χ1) is 18.1. The number of nitrogens with zero attached hydrogens (tertiary/aromatic N) is 4. The number of anilines is 1. The van der Waals surface area contributed by atoms with E-state index in [0.29, 0.717) is 62.4 Å². The van der Waals surface area contributed by atoms with E-state index in [9.17, 15) is 9.59 Å². The number of carbonyl (C=O) groups is 2. The van der Waals surface area contributed by atoms with Gasteiger partial charge in [-0.1, -0.05) is 17.3 Å². The highest BCUT2D eigenvalue weighted by atomic mass is 16.5. The van der Waals surface area contributed by atoms with E-state index in [2.05, 4.69) is 20.4 Å². The van der Waals surface area contributed by atoms with E-state index in [1.54, 1.807) is 24.1 Å². The van der Waals surface area contributed by atoms with Crippen molar-refractivity contribution in [2.24, 2.45) is 5.92 Å². The van der Waals surface area contributed by atoms with Crippen LogP contribution >= 0.6 is 0 Å². The SMILES string of the molecule is COc1ccc(-c2noc(CN3CCCC(C(=O)Nc4ccccc4C(=O)N4CCOCC4)C3)n2)cc1. The standard InChI is InChI=1S/C27H31N5O5/c1-35-21-10-8-19(9-11-21)25-29-24(37-30-25)18-31-12-4-5-20(17-31)26(33)28-23-7-3-2-6-22(23)27(34)32-13-15-36-16-14-32/h2-3,6-11,20H,4-5,12-18H2,1H3,(H,28,33). The number of benzene rings is 2. The Balaban J connectivity index is 1.20. The van der Waals surface area contributed by atoms with E-state index in [1.165, 1.54) is 0 Å². The first kappa shape index (κ1) is 24.9. The first-order valence-corrected chi connectivity index (χ1v) is 12.6. The second-order valence-corrected chi connectivity index (χ2v) is 9.25. The van der Waals surface area contributed by atoms with Crippen LogP contribution in [0.2, 0.25) is 0 Å². The van der Waals surface area contributed by atoms with E-state index >= 15 is 0 Å². The lowest BCUT2D eigenvalue weighted by molar-refractivity contribution is -0.121. The number of methoxy groups -OCH3 is 1. The number of piperidine rings is 1. The van der Waals surface area contributed by atoms with Crippen molar-refractivity contribution in [1.29, 1.82) is 0 Å². The van der Waals surface area contributed by atoms with Gasteiger partial charge in [-0.3, -0.25) is 14.5 Å². The molecule has 0 aliphatic carbocycles. The zero-order chi connectivity index (χ0) is 25.6. The van der Waals surface area contributed by atoms with Gasteiger partial charge in [-0.25, -0.2) is 0 Å². The van der Waals surface area contributed by atoms with Gasteiger partial charge in [0.05, 0.1) is 44.0 Å². The third-order valence-corrected chi connectivity index (χ3v) is 6.77. The van der Waals surface area contributed by atoms with E-state index in [4.69, 9.17) is 14.0 Å². The number of carbonyl (C=O) groups excluding carboxylic acids is 2. The number of morpholine rings is 1. The van der Waals surface area contributed by atoms with Crippen molar-refractivity contribution in [3.63, 3.8) is 0 Å². The summed E-state index contributed by atoms with van der Waals surface area (Å²) in [6.45, 7) is 4.05. The summed E-state index contributed by atoms with van der Waals surface area (Å²) in [6.07, 6.45) is 1.66. The molecular formula is C27H31N5O5. The Morgan fingerprint density at radius 2 is 1.86 bits per heavy atom. The highest BCUT2D eigenvalue weighted by molar-refractivity contribution is 6.04. The van der Waals surface area contributed by atoms with Crippen LogP contribution in [-0.4, -0.2) is 78.3 Å². The summed E-state index contributed by atoms with van der Waals surface area (Å²) in [6, 6.07) is 14.7. The van der Waals surface area contributed by atoms with E-state index in [1.807, 2.05) is 36.4 Å². The molecule has 2 fully saturated rings. The molecule has 2 saturated heterocycles. The van der Waals surface area contributed by atoms with Crippen molar-refractivity contribution in [2.45, 2.75) is 19.4 Å². The normalized spacial score (nSPS) is 18.4. The van der Waals surface area contributed by atoms with Gasteiger partial charge < -0.3 is 24.2 Å². The molecule has 194 valence electrons. The van der Waals surface area contributed by atoms with Crippen molar-refractivity contribution in [2.75, 3.05) is 51.8 Å². The van der Waals surface area contributed by atoms with Gasteiger partial charge in [0.1, 0.15) is 5.75 Å². The monoisotopic (exact) mass is 505 g/mol. The fourth-order valence-corrected chi connectivity index (χ4v) is 4.73. The molecule has 1 N–H and O–H groups in total. The molecule has 2 amide bonds. The number of hydrogen-bond acceptors (Lipinski definition) is 8. The molecule has 10 heteroatoms. The fraction of sp³-hybridized carbons (Fsp3) is 0.407. The zero-order valence-corrected chi connectivity index (χ0v) is 20.9. The van der Waals surface area contributed by atoms with E-state index < -0.39 is 0 Å². The van der Waals surface area contributed by atoms with Crippen LogP contribution in [0, 0.1) is 5.92 Å². The number of nitrogens with one attached hydrogen (secondary N) is 1. The van der Waals surface area contributed by atoms with Gasteiger partial charge in [-0.15, -0.1) is 0 Å². The molecule has 0 radical (unpaired) electrons. The molecular weight excluding hydrogens is 474 g/mol. The van der Waals surface area contributed by atoms with Crippen LogP contribution < -0.4 is 10.1 Å². The smallest absolute Gasteiger partial charge is 0.256 e. The van der Waals surface area contributed by atoms with Crippen LogP contribution in [0.4, 0.5) is 5.69 Å². The molecule has 0 bridgehead atoms. The Hall–Kier alpha value is -3.76. The predicted octanol–water partition coefficient (Wildman–Crippen LogP) is 3.07. The van der Waals surface area contributed by atoms with Crippen LogP contribution in [0.5, 0.6) is 5.75 Å². The Morgan fingerprint density at radius 3 is 2.65 bits per heavy atom. The second kappa shape index (κ2) is 11.5. The molecule has 2 aromatic carbocycles.